The van der Waals surface area contributed by atoms with Gasteiger partial charge in [0.15, 0.2) is 5.82 Å². The van der Waals surface area contributed by atoms with E-state index in [1.54, 1.807) is 18.4 Å². The van der Waals surface area contributed by atoms with Crippen LogP contribution in [0.2, 0.25) is 0 Å². The van der Waals surface area contributed by atoms with Gasteiger partial charge >= 0.3 is 0 Å². The summed E-state index contributed by atoms with van der Waals surface area (Å²) in [6, 6.07) is 0. The van der Waals surface area contributed by atoms with Crippen LogP contribution in [0.5, 0.6) is 0 Å². The lowest BCUT2D eigenvalue weighted by molar-refractivity contribution is 0.259. The van der Waals surface area contributed by atoms with Crippen LogP contribution in [0.3, 0.4) is 0 Å². The van der Waals surface area contributed by atoms with Crippen LogP contribution in [0.25, 0.3) is 0 Å². The molecular formula is C8H16N4O3S. The minimum Gasteiger partial charge on any atom is -0.388 e. The highest BCUT2D eigenvalue weighted by atomic mass is 32.2. The quantitative estimate of drug-likeness (QED) is 0.703. The summed E-state index contributed by atoms with van der Waals surface area (Å²) in [5, 5.41) is 16.3. The zero-order chi connectivity index (χ0) is 12.4. The SMILES string of the molecule is CC(C)(Cn1cnnc1CO)NS(C)(=O)=O. The maximum Gasteiger partial charge on any atom is 0.209 e. The summed E-state index contributed by atoms with van der Waals surface area (Å²) in [6.45, 7) is 3.61. The van der Waals surface area contributed by atoms with Crippen molar-refractivity contribution in [2.45, 2.75) is 32.5 Å². The van der Waals surface area contributed by atoms with Crippen LogP contribution in [0.15, 0.2) is 6.33 Å². The van der Waals surface area contributed by atoms with Crippen LogP contribution in [0.4, 0.5) is 0 Å². The zero-order valence-corrected chi connectivity index (χ0v) is 10.3. The molecule has 0 spiro atoms. The van der Waals surface area contributed by atoms with Crippen molar-refractivity contribution >= 4 is 10.0 Å². The lowest BCUT2D eigenvalue weighted by Gasteiger charge is -2.25. The standard InChI is InChI=1S/C8H16N4O3S/c1-8(2,11-16(3,14)15)5-12-6-9-10-7(12)4-13/h6,11,13H,4-5H2,1-3H3. The lowest BCUT2D eigenvalue weighted by Crippen LogP contribution is -2.46. The van der Waals surface area contributed by atoms with Gasteiger partial charge < -0.3 is 9.67 Å². The summed E-state index contributed by atoms with van der Waals surface area (Å²) in [5.74, 6) is 0.406. The Labute approximate surface area is 94.6 Å². The number of aromatic nitrogens is 3. The molecule has 0 fully saturated rings. The van der Waals surface area contributed by atoms with Gasteiger partial charge in [-0.2, -0.15) is 0 Å². The Bertz CT molecular complexity index is 452. The van der Waals surface area contributed by atoms with Crippen molar-refractivity contribution in [2.75, 3.05) is 6.26 Å². The molecule has 7 nitrogen and oxygen atoms in total. The van der Waals surface area contributed by atoms with E-state index in [9.17, 15) is 8.42 Å². The van der Waals surface area contributed by atoms with E-state index in [-0.39, 0.29) is 6.61 Å². The summed E-state index contributed by atoms with van der Waals surface area (Å²) < 4.78 is 26.4. The number of sulfonamides is 1. The smallest absolute Gasteiger partial charge is 0.209 e. The summed E-state index contributed by atoms with van der Waals surface area (Å²) in [6.07, 6.45) is 2.56. The van der Waals surface area contributed by atoms with Gasteiger partial charge in [-0.05, 0) is 13.8 Å². The van der Waals surface area contributed by atoms with Crippen molar-refractivity contribution in [3.8, 4) is 0 Å². The molecule has 0 bridgehead atoms. The first-order valence-electron chi connectivity index (χ1n) is 4.70. The molecule has 16 heavy (non-hydrogen) atoms. The number of aliphatic hydroxyl groups is 1. The topological polar surface area (TPSA) is 97.1 Å². The number of nitrogens with one attached hydrogen (secondary N) is 1. The molecule has 1 rings (SSSR count). The predicted molar refractivity (Wildman–Crippen MR) is 58.0 cm³/mol. The van der Waals surface area contributed by atoms with Crippen LogP contribution in [0, 0.1) is 0 Å². The van der Waals surface area contributed by atoms with E-state index in [1.807, 2.05) is 0 Å². The fraction of sp³-hybridized carbons (Fsp3) is 0.750. The van der Waals surface area contributed by atoms with Gasteiger partial charge in [-0.3, -0.25) is 0 Å². The fourth-order valence-electron chi connectivity index (χ4n) is 1.49. The van der Waals surface area contributed by atoms with E-state index >= 15 is 0 Å². The molecule has 1 heterocycles. The minimum absolute atomic E-state index is 0.227. The third kappa shape index (κ3) is 3.87. The van der Waals surface area contributed by atoms with Gasteiger partial charge in [0, 0.05) is 12.1 Å². The molecule has 1 aromatic rings. The highest BCUT2D eigenvalue weighted by molar-refractivity contribution is 7.88. The van der Waals surface area contributed by atoms with E-state index in [0.29, 0.717) is 12.4 Å². The molecule has 8 heteroatoms. The number of rotatable bonds is 5. The molecule has 0 saturated heterocycles. The molecule has 92 valence electrons. The van der Waals surface area contributed by atoms with Crippen LogP contribution in [-0.4, -0.2) is 40.1 Å². The molecule has 0 aliphatic carbocycles. The average molecular weight is 248 g/mol. The Morgan fingerprint density at radius 3 is 2.69 bits per heavy atom. The van der Waals surface area contributed by atoms with Crippen molar-refractivity contribution in [1.82, 2.24) is 19.5 Å². The molecule has 0 aromatic carbocycles. The summed E-state index contributed by atoms with van der Waals surface area (Å²) in [5.41, 5.74) is -0.667. The molecule has 0 aliphatic heterocycles. The monoisotopic (exact) mass is 248 g/mol. The van der Waals surface area contributed by atoms with E-state index in [0.717, 1.165) is 6.26 Å². The van der Waals surface area contributed by atoms with Gasteiger partial charge in [0.1, 0.15) is 12.9 Å². The first-order valence-corrected chi connectivity index (χ1v) is 6.59. The number of nitrogens with zero attached hydrogens (tertiary/aromatic N) is 3. The third-order valence-corrected chi connectivity index (χ3v) is 2.79. The van der Waals surface area contributed by atoms with Crippen LogP contribution in [-0.2, 0) is 23.2 Å². The lowest BCUT2D eigenvalue weighted by atomic mass is 10.1. The number of hydrogen-bond acceptors (Lipinski definition) is 5. The van der Waals surface area contributed by atoms with Crippen molar-refractivity contribution in [2.24, 2.45) is 0 Å². The van der Waals surface area contributed by atoms with E-state index < -0.39 is 15.6 Å². The third-order valence-electron chi connectivity index (χ3n) is 1.86. The van der Waals surface area contributed by atoms with E-state index in [2.05, 4.69) is 14.9 Å². The second-order valence-electron chi connectivity index (χ2n) is 4.29. The molecule has 0 unspecified atom stereocenters. The maximum atomic E-state index is 11.1. The second kappa shape index (κ2) is 4.48. The maximum absolute atomic E-state index is 11.1. The van der Waals surface area contributed by atoms with Gasteiger partial charge in [-0.1, -0.05) is 0 Å². The largest absolute Gasteiger partial charge is 0.388 e. The minimum atomic E-state index is -3.27. The normalized spacial score (nSPS) is 13.0. The summed E-state index contributed by atoms with van der Waals surface area (Å²) >= 11 is 0. The van der Waals surface area contributed by atoms with Crippen molar-refractivity contribution in [3.05, 3.63) is 12.2 Å². The van der Waals surface area contributed by atoms with Crippen LogP contribution < -0.4 is 4.72 Å². The fourth-order valence-corrected chi connectivity index (χ4v) is 2.56. The highest BCUT2D eigenvalue weighted by Crippen LogP contribution is 2.09. The van der Waals surface area contributed by atoms with Gasteiger partial charge in [-0.25, -0.2) is 13.1 Å². The number of aliphatic hydroxyl groups excluding tert-OH is 1. The Morgan fingerprint density at radius 2 is 2.19 bits per heavy atom. The highest BCUT2D eigenvalue weighted by Gasteiger charge is 2.23. The number of hydrogen-bond donors (Lipinski definition) is 2. The molecule has 1 aromatic heterocycles. The van der Waals surface area contributed by atoms with Crippen molar-refractivity contribution in [1.29, 1.82) is 0 Å². The van der Waals surface area contributed by atoms with Crippen molar-refractivity contribution < 1.29 is 13.5 Å². The molecular weight excluding hydrogens is 232 g/mol. The van der Waals surface area contributed by atoms with Gasteiger partial charge in [0.2, 0.25) is 10.0 Å². The molecule has 0 radical (unpaired) electrons. The Balaban J connectivity index is 2.80. The van der Waals surface area contributed by atoms with E-state index in [1.165, 1.54) is 6.33 Å². The molecule has 0 atom stereocenters. The summed E-state index contributed by atoms with van der Waals surface area (Å²) in [4.78, 5) is 0. The Kier molecular flexibility index (Phi) is 3.66. The second-order valence-corrected chi connectivity index (χ2v) is 6.04. The molecule has 0 amide bonds. The van der Waals surface area contributed by atoms with Gasteiger partial charge in [0.25, 0.3) is 0 Å². The average Bonchev–Trinajstić information content (AvgIpc) is 2.45. The molecule has 0 aliphatic rings. The van der Waals surface area contributed by atoms with Gasteiger partial charge in [0.05, 0.1) is 6.26 Å². The predicted octanol–water partition coefficient (Wildman–Crippen LogP) is -0.902. The van der Waals surface area contributed by atoms with Crippen LogP contribution >= 0.6 is 0 Å². The van der Waals surface area contributed by atoms with E-state index in [4.69, 9.17) is 5.11 Å². The molecule has 2 N–H and O–H groups in total. The molecule has 0 saturated carbocycles. The summed E-state index contributed by atoms with van der Waals surface area (Å²) in [7, 11) is -3.27. The van der Waals surface area contributed by atoms with Crippen LogP contribution in [0.1, 0.15) is 19.7 Å². The Morgan fingerprint density at radius 1 is 1.56 bits per heavy atom. The van der Waals surface area contributed by atoms with Crippen molar-refractivity contribution in [3.63, 3.8) is 0 Å². The zero-order valence-electron chi connectivity index (χ0n) is 9.51. The Hall–Kier alpha value is -0.990. The first-order chi connectivity index (χ1) is 7.23. The van der Waals surface area contributed by atoms with Gasteiger partial charge in [-0.15, -0.1) is 10.2 Å². The first kappa shape index (κ1) is 13.1.